The van der Waals surface area contributed by atoms with E-state index in [9.17, 15) is 13.2 Å². The van der Waals surface area contributed by atoms with E-state index in [1.165, 1.54) is 0 Å². The molecular weight excluding hydrogens is 241 g/mol. The lowest BCUT2D eigenvalue weighted by atomic mass is 9.94. The average Bonchev–Trinajstić information content (AvgIpc) is 2.56. The van der Waals surface area contributed by atoms with E-state index in [0.29, 0.717) is 25.2 Å². The Balaban J connectivity index is 2.32. The van der Waals surface area contributed by atoms with E-state index in [2.05, 4.69) is 6.92 Å². The van der Waals surface area contributed by atoms with Crippen molar-refractivity contribution in [2.45, 2.75) is 18.5 Å². The summed E-state index contributed by atoms with van der Waals surface area (Å²) < 4.78 is 37.7. The molecule has 2 rings (SSSR count). The topological polar surface area (TPSA) is 29.3 Å². The Bertz CT molecular complexity index is 429. The summed E-state index contributed by atoms with van der Waals surface area (Å²) in [5.41, 5.74) is 7.75. The molecule has 1 aliphatic rings. The van der Waals surface area contributed by atoms with Gasteiger partial charge in [-0.2, -0.15) is 13.2 Å². The fourth-order valence-electron chi connectivity index (χ4n) is 2.62. The van der Waals surface area contributed by atoms with Crippen LogP contribution >= 0.6 is 0 Å². The van der Waals surface area contributed by atoms with Gasteiger partial charge in [0.1, 0.15) is 0 Å². The van der Waals surface area contributed by atoms with Gasteiger partial charge < -0.3 is 10.6 Å². The smallest absolute Gasteiger partial charge is 0.369 e. The van der Waals surface area contributed by atoms with Crippen molar-refractivity contribution in [2.24, 2.45) is 5.73 Å². The van der Waals surface area contributed by atoms with Crippen LogP contribution in [-0.2, 0) is 0 Å². The molecule has 1 heterocycles. The molecule has 1 unspecified atom stereocenters. The molecule has 2 nitrogen and oxygen atoms in total. The number of nitrogens with zero attached hydrogens (tertiary/aromatic N) is 1. The molecule has 1 aromatic carbocycles. The molecule has 0 bridgehead atoms. The molecule has 0 amide bonds. The number of alkyl halides is 3. The van der Waals surface area contributed by atoms with Crippen molar-refractivity contribution in [3.8, 4) is 0 Å². The van der Waals surface area contributed by atoms with Crippen LogP contribution < -0.4 is 10.6 Å². The normalized spacial score (nSPS) is 19.2. The van der Waals surface area contributed by atoms with Crippen LogP contribution in [0.3, 0.4) is 0 Å². The van der Waals surface area contributed by atoms with Gasteiger partial charge in [-0.3, -0.25) is 0 Å². The number of anilines is 1. The Morgan fingerprint density at radius 2 is 2.11 bits per heavy atom. The predicted molar refractivity (Wildman–Crippen MR) is 65.6 cm³/mol. The molecule has 5 heteroatoms. The second kappa shape index (κ2) is 4.80. The molecule has 1 aliphatic heterocycles. The molecule has 99 valence electrons. The minimum atomic E-state index is -4.15. The van der Waals surface area contributed by atoms with Gasteiger partial charge in [-0.15, -0.1) is 0 Å². The summed E-state index contributed by atoms with van der Waals surface area (Å²) in [5, 5.41) is 0. The van der Waals surface area contributed by atoms with Crippen LogP contribution in [0.4, 0.5) is 18.9 Å². The fourth-order valence-corrected chi connectivity index (χ4v) is 2.62. The lowest BCUT2D eigenvalue weighted by Crippen LogP contribution is -2.29. The van der Waals surface area contributed by atoms with Gasteiger partial charge in [-0.05, 0) is 24.1 Å². The molecule has 0 aromatic heterocycles. The molecule has 18 heavy (non-hydrogen) atoms. The third-order valence-electron chi connectivity index (χ3n) is 3.24. The number of halogens is 3. The van der Waals surface area contributed by atoms with Crippen LogP contribution in [0.1, 0.15) is 23.5 Å². The zero-order chi connectivity index (χ0) is 13.3. The molecule has 0 aliphatic carbocycles. The average molecular weight is 257 g/mol. The highest BCUT2D eigenvalue weighted by molar-refractivity contribution is 5.63. The number of nitrogens with two attached hydrogens (primary N) is 1. The number of hydrogen-bond donors (Lipinski definition) is 1. The van der Waals surface area contributed by atoms with E-state index in [0.717, 1.165) is 11.3 Å². The maximum Gasteiger partial charge on any atom is 0.389 e. The quantitative estimate of drug-likeness (QED) is 0.902. The largest absolute Gasteiger partial charge is 0.389 e. The molecule has 1 radical (unpaired) electrons. The second-order valence-electron chi connectivity index (χ2n) is 4.60. The number of hydrogen-bond acceptors (Lipinski definition) is 2. The molecule has 0 fully saturated rings. The van der Waals surface area contributed by atoms with Crippen molar-refractivity contribution in [2.75, 3.05) is 24.5 Å². The first kappa shape index (κ1) is 13.2. The van der Waals surface area contributed by atoms with Gasteiger partial charge in [0.15, 0.2) is 0 Å². The third-order valence-corrected chi connectivity index (χ3v) is 3.24. The van der Waals surface area contributed by atoms with Crippen molar-refractivity contribution >= 4 is 5.69 Å². The van der Waals surface area contributed by atoms with E-state index < -0.39 is 18.5 Å². The predicted octanol–water partition coefficient (Wildman–Crippen LogP) is 2.68. The number of fused-ring (bicyclic) bond motifs is 1. The van der Waals surface area contributed by atoms with Gasteiger partial charge >= 0.3 is 6.18 Å². The lowest BCUT2D eigenvalue weighted by Gasteiger charge is -2.19. The first-order valence-corrected chi connectivity index (χ1v) is 5.89. The van der Waals surface area contributed by atoms with Gasteiger partial charge in [0.05, 0.1) is 6.42 Å². The minimum absolute atomic E-state index is 0.374. The van der Waals surface area contributed by atoms with E-state index in [1.807, 2.05) is 17.0 Å². The third kappa shape index (κ3) is 2.61. The Morgan fingerprint density at radius 3 is 2.72 bits per heavy atom. The Labute approximate surface area is 105 Å². The van der Waals surface area contributed by atoms with Crippen LogP contribution in [0.5, 0.6) is 0 Å². The SMILES string of the molecule is [CH2]c1cccc2c1C(CC(F)(F)F)CN2CCN. The molecular formula is C13H16F3N2. The molecule has 0 saturated heterocycles. The van der Waals surface area contributed by atoms with Crippen LogP contribution in [0.25, 0.3) is 0 Å². The Morgan fingerprint density at radius 1 is 1.39 bits per heavy atom. The lowest BCUT2D eigenvalue weighted by molar-refractivity contribution is -0.138. The van der Waals surface area contributed by atoms with Gasteiger partial charge in [0.2, 0.25) is 0 Å². The summed E-state index contributed by atoms with van der Waals surface area (Å²) in [7, 11) is 0. The maximum absolute atomic E-state index is 12.6. The van der Waals surface area contributed by atoms with Crippen molar-refractivity contribution in [1.82, 2.24) is 0 Å². The van der Waals surface area contributed by atoms with Gasteiger partial charge in [-0.1, -0.05) is 12.1 Å². The van der Waals surface area contributed by atoms with Gasteiger partial charge in [0.25, 0.3) is 0 Å². The van der Waals surface area contributed by atoms with Crippen LogP contribution in [0.2, 0.25) is 0 Å². The highest BCUT2D eigenvalue weighted by Gasteiger charge is 2.38. The van der Waals surface area contributed by atoms with Crippen LogP contribution in [-0.4, -0.2) is 25.8 Å². The number of benzene rings is 1. The Hall–Kier alpha value is -1.23. The highest BCUT2D eigenvalue weighted by Crippen LogP contribution is 2.43. The van der Waals surface area contributed by atoms with E-state index in [1.54, 1.807) is 6.07 Å². The second-order valence-corrected chi connectivity index (χ2v) is 4.60. The van der Waals surface area contributed by atoms with Gasteiger partial charge in [-0.25, -0.2) is 0 Å². The summed E-state index contributed by atoms with van der Waals surface area (Å²) in [6, 6.07) is 5.42. The Kier molecular flexibility index (Phi) is 3.52. The summed E-state index contributed by atoms with van der Waals surface area (Å²) in [5.74, 6) is -0.528. The standard InChI is InChI=1S/C13H16F3N2/c1-9-3-2-4-11-12(9)10(7-13(14,15)16)8-18(11)6-5-17/h2-4,10H,1,5-8,17H2. The first-order valence-electron chi connectivity index (χ1n) is 5.89. The van der Waals surface area contributed by atoms with E-state index in [-0.39, 0.29) is 0 Å². The van der Waals surface area contributed by atoms with Crippen molar-refractivity contribution in [3.05, 3.63) is 36.2 Å². The minimum Gasteiger partial charge on any atom is -0.369 e. The maximum atomic E-state index is 12.6. The zero-order valence-electron chi connectivity index (χ0n) is 10.0. The zero-order valence-corrected chi connectivity index (χ0v) is 10.0. The molecule has 0 spiro atoms. The van der Waals surface area contributed by atoms with Crippen molar-refractivity contribution in [1.29, 1.82) is 0 Å². The fraction of sp³-hybridized carbons (Fsp3) is 0.462. The highest BCUT2D eigenvalue weighted by atomic mass is 19.4. The molecule has 2 N–H and O–H groups in total. The van der Waals surface area contributed by atoms with Crippen LogP contribution in [0, 0.1) is 6.92 Å². The summed E-state index contributed by atoms with van der Waals surface area (Å²) in [6.07, 6.45) is -4.95. The summed E-state index contributed by atoms with van der Waals surface area (Å²) >= 11 is 0. The summed E-state index contributed by atoms with van der Waals surface area (Å²) in [6.45, 7) is 5.22. The molecule has 1 atom stereocenters. The van der Waals surface area contributed by atoms with Gasteiger partial charge in [0, 0.05) is 31.2 Å². The molecule has 1 aromatic rings. The summed E-state index contributed by atoms with van der Waals surface area (Å²) in [4.78, 5) is 1.92. The number of rotatable bonds is 3. The monoisotopic (exact) mass is 257 g/mol. The van der Waals surface area contributed by atoms with Crippen molar-refractivity contribution < 1.29 is 13.2 Å². The van der Waals surface area contributed by atoms with Crippen molar-refractivity contribution in [3.63, 3.8) is 0 Å². The molecule has 0 saturated carbocycles. The van der Waals surface area contributed by atoms with E-state index in [4.69, 9.17) is 5.73 Å². The van der Waals surface area contributed by atoms with E-state index >= 15 is 0 Å². The van der Waals surface area contributed by atoms with Crippen LogP contribution in [0.15, 0.2) is 18.2 Å². The first-order chi connectivity index (χ1) is 8.42.